The lowest BCUT2D eigenvalue weighted by Crippen LogP contribution is -2.31. The molecule has 1 N–H and O–H groups in total. The van der Waals surface area contributed by atoms with Crippen molar-refractivity contribution in [2.75, 3.05) is 5.32 Å². The van der Waals surface area contributed by atoms with E-state index < -0.39 is 0 Å². The van der Waals surface area contributed by atoms with Crippen molar-refractivity contribution in [3.05, 3.63) is 60.7 Å². The van der Waals surface area contributed by atoms with E-state index in [0.29, 0.717) is 0 Å². The molecule has 27 heavy (non-hydrogen) atoms. The first kappa shape index (κ1) is 19.2. The molecule has 1 aliphatic carbocycles. The van der Waals surface area contributed by atoms with Gasteiger partial charge in [0.2, 0.25) is 5.91 Å². The first-order valence-corrected chi connectivity index (χ1v) is 9.78. The average molecular weight is 364 g/mol. The van der Waals surface area contributed by atoms with E-state index in [-0.39, 0.29) is 23.8 Å². The Morgan fingerprint density at radius 1 is 0.926 bits per heavy atom. The van der Waals surface area contributed by atoms with Gasteiger partial charge in [-0.25, -0.2) is 4.99 Å². The molecule has 3 rings (SSSR count). The molecule has 1 fully saturated rings. The van der Waals surface area contributed by atoms with Crippen molar-refractivity contribution >= 4 is 23.2 Å². The number of amides is 1. The Balaban J connectivity index is 1.61. The van der Waals surface area contributed by atoms with Gasteiger partial charge in [0.25, 0.3) is 0 Å². The van der Waals surface area contributed by atoms with Crippen LogP contribution in [0.4, 0.5) is 11.4 Å². The van der Waals surface area contributed by atoms with Gasteiger partial charge in [-0.3, -0.25) is 4.79 Å². The van der Waals surface area contributed by atoms with Crippen LogP contribution in [-0.4, -0.2) is 17.9 Å². The molecular formula is C23H28N2O2. The van der Waals surface area contributed by atoms with Crippen molar-refractivity contribution in [3.63, 3.8) is 0 Å². The summed E-state index contributed by atoms with van der Waals surface area (Å²) < 4.78 is 6.03. The number of carbonyl (C=O) groups is 1. The maximum absolute atomic E-state index is 12.5. The number of aliphatic imine (C=N–C) groups is 1. The number of anilines is 1. The van der Waals surface area contributed by atoms with Gasteiger partial charge >= 0.3 is 0 Å². The standard InChI is InChI=1S/C23H28N2O2/c1-17(2)27-23(25-21-11-7-4-8-12-21)19-15-13-18(14-16-19)22(26)24-20-9-5-3-6-10-20/h3-12,17-19H,13-16H2,1-2H3,(H,24,26). The number of rotatable bonds is 5. The Kier molecular flexibility index (Phi) is 6.64. The third kappa shape index (κ3) is 5.68. The van der Waals surface area contributed by atoms with Gasteiger partial charge in [0, 0.05) is 17.5 Å². The average Bonchev–Trinajstić information content (AvgIpc) is 2.69. The number of nitrogens with zero attached hydrogens (tertiary/aromatic N) is 1. The first-order valence-electron chi connectivity index (χ1n) is 9.78. The van der Waals surface area contributed by atoms with Gasteiger partial charge in [0.05, 0.1) is 11.8 Å². The molecule has 0 bridgehead atoms. The number of carbonyl (C=O) groups excluding carboxylic acids is 1. The van der Waals surface area contributed by atoms with Crippen molar-refractivity contribution in [1.29, 1.82) is 0 Å². The molecule has 4 nitrogen and oxygen atoms in total. The second-order valence-corrected chi connectivity index (χ2v) is 7.36. The Bertz CT molecular complexity index is 748. The monoisotopic (exact) mass is 364 g/mol. The Morgan fingerprint density at radius 2 is 1.48 bits per heavy atom. The van der Waals surface area contributed by atoms with Crippen LogP contribution in [0.25, 0.3) is 0 Å². The summed E-state index contributed by atoms with van der Waals surface area (Å²) in [7, 11) is 0. The molecule has 2 aromatic rings. The van der Waals surface area contributed by atoms with E-state index in [4.69, 9.17) is 9.73 Å². The van der Waals surface area contributed by atoms with Gasteiger partial charge < -0.3 is 10.1 Å². The number of nitrogens with one attached hydrogen (secondary N) is 1. The Morgan fingerprint density at radius 3 is 2.07 bits per heavy atom. The van der Waals surface area contributed by atoms with E-state index in [0.717, 1.165) is 43.0 Å². The van der Waals surface area contributed by atoms with Crippen LogP contribution in [0.3, 0.4) is 0 Å². The summed E-state index contributed by atoms with van der Waals surface area (Å²) in [6.45, 7) is 4.05. The molecule has 0 radical (unpaired) electrons. The zero-order chi connectivity index (χ0) is 19.1. The maximum atomic E-state index is 12.5. The molecule has 0 aromatic heterocycles. The van der Waals surface area contributed by atoms with Crippen LogP contribution in [0.1, 0.15) is 39.5 Å². The van der Waals surface area contributed by atoms with Crippen molar-refractivity contribution in [2.24, 2.45) is 16.8 Å². The minimum Gasteiger partial charge on any atom is -0.478 e. The van der Waals surface area contributed by atoms with E-state index in [1.165, 1.54) is 0 Å². The van der Waals surface area contributed by atoms with Crippen molar-refractivity contribution in [3.8, 4) is 0 Å². The SMILES string of the molecule is CC(C)OC(=Nc1ccccc1)C1CCC(C(=O)Nc2ccccc2)CC1. The van der Waals surface area contributed by atoms with Gasteiger partial charge in [0.1, 0.15) is 0 Å². The highest BCUT2D eigenvalue weighted by atomic mass is 16.5. The third-order valence-corrected chi connectivity index (χ3v) is 4.84. The van der Waals surface area contributed by atoms with Crippen molar-refractivity contribution in [1.82, 2.24) is 0 Å². The zero-order valence-electron chi connectivity index (χ0n) is 16.1. The van der Waals surface area contributed by atoms with Crippen molar-refractivity contribution < 1.29 is 9.53 Å². The lowest BCUT2D eigenvalue weighted by Gasteiger charge is -2.29. The lowest BCUT2D eigenvalue weighted by molar-refractivity contribution is -0.120. The lowest BCUT2D eigenvalue weighted by atomic mass is 9.81. The predicted molar refractivity (Wildman–Crippen MR) is 110 cm³/mol. The molecule has 0 unspecified atom stereocenters. The molecule has 2 aromatic carbocycles. The number of ether oxygens (including phenoxy) is 1. The van der Waals surface area contributed by atoms with Crippen LogP contribution >= 0.6 is 0 Å². The second-order valence-electron chi connectivity index (χ2n) is 7.36. The van der Waals surface area contributed by atoms with Crippen molar-refractivity contribution in [2.45, 2.75) is 45.6 Å². The highest BCUT2D eigenvalue weighted by Gasteiger charge is 2.30. The molecule has 0 spiro atoms. The summed E-state index contributed by atoms with van der Waals surface area (Å²) in [6, 6.07) is 19.6. The van der Waals surface area contributed by atoms with Gasteiger partial charge in [0.15, 0.2) is 5.90 Å². The minimum atomic E-state index is 0.0541. The molecule has 0 heterocycles. The number of benzene rings is 2. The Labute approximate surface area is 161 Å². The van der Waals surface area contributed by atoms with Gasteiger partial charge in [-0.05, 0) is 63.8 Å². The van der Waals surface area contributed by atoms with Crippen LogP contribution in [0.2, 0.25) is 0 Å². The van der Waals surface area contributed by atoms with E-state index in [1.807, 2.05) is 74.5 Å². The predicted octanol–water partition coefficient (Wildman–Crippen LogP) is 5.59. The van der Waals surface area contributed by atoms with Gasteiger partial charge in [-0.2, -0.15) is 0 Å². The van der Waals surface area contributed by atoms with Crippen LogP contribution in [0.5, 0.6) is 0 Å². The van der Waals surface area contributed by atoms with Crippen LogP contribution in [-0.2, 0) is 9.53 Å². The number of hydrogen-bond donors (Lipinski definition) is 1. The van der Waals surface area contributed by atoms with E-state index in [2.05, 4.69) is 5.32 Å². The smallest absolute Gasteiger partial charge is 0.227 e. The molecular weight excluding hydrogens is 336 g/mol. The summed E-state index contributed by atoms with van der Waals surface area (Å²) in [4.78, 5) is 17.3. The summed E-state index contributed by atoms with van der Waals surface area (Å²) in [5.74, 6) is 1.25. The molecule has 1 amide bonds. The summed E-state index contributed by atoms with van der Waals surface area (Å²) in [5, 5.41) is 3.03. The van der Waals surface area contributed by atoms with Gasteiger partial charge in [-0.1, -0.05) is 36.4 Å². The van der Waals surface area contributed by atoms with Crippen LogP contribution in [0.15, 0.2) is 65.7 Å². The normalized spacial score (nSPS) is 20.3. The second kappa shape index (κ2) is 9.36. The van der Waals surface area contributed by atoms with E-state index >= 15 is 0 Å². The largest absolute Gasteiger partial charge is 0.478 e. The van der Waals surface area contributed by atoms with Crippen LogP contribution < -0.4 is 5.32 Å². The fourth-order valence-electron chi connectivity index (χ4n) is 3.45. The van der Waals surface area contributed by atoms with Crippen LogP contribution in [0, 0.1) is 11.8 Å². The Hall–Kier alpha value is -2.62. The third-order valence-electron chi connectivity index (χ3n) is 4.84. The molecule has 142 valence electrons. The topological polar surface area (TPSA) is 50.7 Å². The summed E-state index contributed by atoms with van der Waals surface area (Å²) >= 11 is 0. The quantitative estimate of drug-likeness (QED) is 0.555. The first-order chi connectivity index (χ1) is 13.1. The van der Waals surface area contributed by atoms with Gasteiger partial charge in [-0.15, -0.1) is 0 Å². The minimum absolute atomic E-state index is 0.0541. The maximum Gasteiger partial charge on any atom is 0.227 e. The highest BCUT2D eigenvalue weighted by molar-refractivity contribution is 5.92. The molecule has 0 saturated heterocycles. The fraction of sp³-hybridized carbons (Fsp3) is 0.391. The number of para-hydroxylation sites is 2. The summed E-state index contributed by atoms with van der Waals surface area (Å²) in [5.41, 5.74) is 1.77. The molecule has 4 heteroatoms. The zero-order valence-corrected chi connectivity index (χ0v) is 16.1. The molecule has 1 aliphatic rings. The number of hydrogen-bond acceptors (Lipinski definition) is 3. The highest BCUT2D eigenvalue weighted by Crippen LogP contribution is 2.32. The molecule has 0 atom stereocenters. The van der Waals surface area contributed by atoms with E-state index in [1.54, 1.807) is 0 Å². The molecule has 0 aliphatic heterocycles. The van der Waals surface area contributed by atoms with E-state index in [9.17, 15) is 4.79 Å². The molecule has 1 saturated carbocycles. The fourth-order valence-corrected chi connectivity index (χ4v) is 3.45. The summed E-state index contributed by atoms with van der Waals surface area (Å²) in [6.07, 6.45) is 3.65.